The summed E-state index contributed by atoms with van der Waals surface area (Å²) in [6.45, 7) is 7.99. The Labute approximate surface area is 170 Å². The predicted octanol–water partition coefficient (Wildman–Crippen LogP) is 2.48. The van der Waals surface area contributed by atoms with Gasteiger partial charge in [-0.25, -0.2) is 5.43 Å². The predicted molar refractivity (Wildman–Crippen MR) is 111 cm³/mol. The van der Waals surface area contributed by atoms with E-state index >= 15 is 0 Å². The van der Waals surface area contributed by atoms with Crippen molar-refractivity contribution in [2.45, 2.75) is 31.9 Å². The Morgan fingerprint density at radius 2 is 2.28 bits per heavy atom. The molecule has 7 heteroatoms. The SMILES string of the molecule is C=NNC(=O)C1CO[C@@H](C)[C@H]2CN3CCc4c([nH]c5cc(OC)ccc45)C3CC12. The number of aromatic nitrogens is 1. The van der Waals surface area contributed by atoms with Crippen LogP contribution < -0.4 is 10.2 Å². The molecule has 3 unspecified atom stereocenters. The van der Waals surface area contributed by atoms with Gasteiger partial charge < -0.3 is 14.5 Å². The molecule has 29 heavy (non-hydrogen) atoms. The van der Waals surface area contributed by atoms with E-state index in [0.29, 0.717) is 18.6 Å². The number of nitrogens with one attached hydrogen (secondary N) is 2. The number of rotatable bonds is 3. The van der Waals surface area contributed by atoms with E-state index in [1.807, 2.05) is 6.07 Å². The second-order valence-electron chi connectivity index (χ2n) is 8.53. The molecular weight excluding hydrogens is 368 g/mol. The highest BCUT2D eigenvalue weighted by atomic mass is 16.5. The average Bonchev–Trinajstić information content (AvgIpc) is 3.11. The summed E-state index contributed by atoms with van der Waals surface area (Å²) < 4.78 is 11.4. The van der Waals surface area contributed by atoms with E-state index in [1.165, 1.54) is 16.6 Å². The van der Waals surface area contributed by atoms with Gasteiger partial charge in [-0.2, -0.15) is 5.10 Å². The molecule has 0 saturated carbocycles. The number of hydrazone groups is 1. The number of piperidine rings is 1. The number of nitrogens with zero attached hydrogens (tertiary/aromatic N) is 2. The van der Waals surface area contributed by atoms with Crippen molar-refractivity contribution in [3.05, 3.63) is 29.5 Å². The van der Waals surface area contributed by atoms with Gasteiger partial charge in [-0.1, -0.05) is 0 Å². The molecule has 1 aromatic heterocycles. The van der Waals surface area contributed by atoms with E-state index in [1.54, 1.807) is 7.11 Å². The molecule has 5 atom stereocenters. The molecule has 0 aliphatic carbocycles. The summed E-state index contributed by atoms with van der Waals surface area (Å²) in [7, 11) is 1.70. The second kappa shape index (κ2) is 7.15. The summed E-state index contributed by atoms with van der Waals surface area (Å²) in [5, 5.41) is 4.88. The Morgan fingerprint density at radius 3 is 3.07 bits per heavy atom. The Kier molecular flexibility index (Phi) is 4.59. The van der Waals surface area contributed by atoms with Crippen LogP contribution in [0.1, 0.15) is 30.6 Å². The van der Waals surface area contributed by atoms with Crippen molar-refractivity contribution in [2.75, 3.05) is 26.8 Å². The molecule has 0 radical (unpaired) electrons. The summed E-state index contributed by atoms with van der Waals surface area (Å²) in [5.41, 5.74) is 6.39. The lowest BCUT2D eigenvalue weighted by Gasteiger charge is -2.51. The van der Waals surface area contributed by atoms with E-state index in [2.05, 4.69) is 46.2 Å². The molecule has 154 valence electrons. The highest BCUT2D eigenvalue weighted by Crippen LogP contribution is 2.48. The lowest BCUT2D eigenvalue weighted by molar-refractivity contribution is -0.152. The number of aromatic amines is 1. The third kappa shape index (κ3) is 2.95. The number of H-pyrrole nitrogens is 1. The smallest absolute Gasteiger partial charge is 0.245 e. The van der Waals surface area contributed by atoms with Crippen LogP contribution in [0.25, 0.3) is 10.9 Å². The number of ether oxygens (including phenoxy) is 2. The van der Waals surface area contributed by atoms with Crippen LogP contribution in [-0.2, 0) is 16.0 Å². The number of hydrogen-bond donors (Lipinski definition) is 2. The number of hydrogen-bond acceptors (Lipinski definition) is 5. The molecule has 3 aliphatic heterocycles. The van der Waals surface area contributed by atoms with Crippen LogP contribution in [0.5, 0.6) is 5.75 Å². The van der Waals surface area contributed by atoms with Gasteiger partial charge in [0.1, 0.15) is 5.75 Å². The molecule has 2 fully saturated rings. The zero-order valence-electron chi connectivity index (χ0n) is 17.0. The summed E-state index contributed by atoms with van der Waals surface area (Å²) in [4.78, 5) is 18.9. The maximum absolute atomic E-state index is 12.6. The second-order valence-corrected chi connectivity index (χ2v) is 8.53. The fourth-order valence-electron chi connectivity index (χ4n) is 5.75. The number of carbonyl (C=O) groups is 1. The summed E-state index contributed by atoms with van der Waals surface area (Å²) in [6, 6.07) is 6.57. The van der Waals surface area contributed by atoms with Crippen LogP contribution in [0, 0.1) is 17.8 Å². The normalized spacial score (nSPS) is 31.4. The maximum Gasteiger partial charge on any atom is 0.245 e. The number of fused-ring (bicyclic) bond motifs is 6. The molecule has 0 spiro atoms. The Morgan fingerprint density at radius 1 is 1.41 bits per heavy atom. The van der Waals surface area contributed by atoms with Crippen LogP contribution in [-0.4, -0.2) is 55.4 Å². The molecule has 7 nitrogen and oxygen atoms in total. The van der Waals surface area contributed by atoms with Gasteiger partial charge in [0.15, 0.2) is 0 Å². The van der Waals surface area contributed by atoms with Crippen LogP contribution in [0.2, 0.25) is 0 Å². The number of methoxy groups -OCH3 is 1. The van der Waals surface area contributed by atoms with E-state index in [-0.39, 0.29) is 23.8 Å². The van der Waals surface area contributed by atoms with Gasteiger partial charge in [-0.15, -0.1) is 0 Å². The zero-order valence-corrected chi connectivity index (χ0v) is 17.0. The molecular formula is C22H28N4O3. The topological polar surface area (TPSA) is 79.0 Å². The lowest BCUT2D eigenvalue weighted by Crippen LogP contribution is -2.56. The zero-order chi connectivity index (χ0) is 20.1. The largest absolute Gasteiger partial charge is 0.497 e. The number of benzene rings is 1. The standard InChI is InChI=1S/C22H28N4O3/c1-12-17-10-26-7-6-15-14-5-4-13(28-3)8-19(14)24-21(15)20(26)9-16(17)18(11-29-12)22(27)25-23-2/h4-5,8,12,16-18,20,24H,2,6-7,9-11H2,1,3H3,(H,25,27)/t12-,16?,17+,18?,20?/m0/s1. The third-order valence-corrected chi connectivity index (χ3v) is 7.24. The molecule has 3 aliphatic rings. The van der Waals surface area contributed by atoms with E-state index < -0.39 is 0 Å². The van der Waals surface area contributed by atoms with Gasteiger partial charge in [0.2, 0.25) is 5.91 Å². The number of carbonyl (C=O) groups excluding carboxylic acids is 1. The van der Waals surface area contributed by atoms with Gasteiger partial charge in [0.25, 0.3) is 0 Å². The fraction of sp³-hybridized carbons (Fsp3) is 0.545. The average molecular weight is 396 g/mol. The molecule has 2 saturated heterocycles. The van der Waals surface area contributed by atoms with Gasteiger partial charge in [-0.05, 0) is 43.4 Å². The van der Waals surface area contributed by atoms with Crippen molar-refractivity contribution < 1.29 is 14.3 Å². The van der Waals surface area contributed by atoms with Crippen LogP contribution >= 0.6 is 0 Å². The van der Waals surface area contributed by atoms with Crippen LogP contribution in [0.15, 0.2) is 23.3 Å². The summed E-state index contributed by atoms with van der Waals surface area (Å²) in [5.74, 6) is 1.23. The summed E-state index contributed by atoms with van der Waals surface area (Å²) >= 11 is 0. The molecule has 0 bridgehead atoms. The summed E-state index contributed by atoms with van der Waals surface area (Å²) in [6.07, 6.45) is 2.15. The Bertz CT molecular complexity index is 955. The van der Waals surface area contributed by atoms with Crippen molar-refractivity contribution >= 4 is 23.5 Å². The lowest BCUT2D eigenvalue weighted by atomic mass is 9.69. The molecule has 2 N–H and O–H groups in total. The Balaban J connectivity index is 1.50. The van der Waals surface area contributed by atoms with Crippen LogP contribution in [0.4, 0.5) is 0 Å². The molecule has 5 rings (SSSR count). The van der Waals surface area contributed by atoms with Crippen molar-refractivity contribution in [1.82, 2.24) is 15.3 Å². The van der Waals surface area contributed by atoms with Crippen molar-refractivity contribution in [3.8, 4) is 5.75 Å². The van der Waals surface area contributed by atoms with Crippen molar-refractivity contribution in [2.24, 2.45) is 22.9 Å². The van der Waals surface area contributed by atoms with E-state index in [9.17, 15) is 4.79 Å². The Hall–Kier alpha value is -2.38. The van der Waals surface area contributed by atoms with E-state index in [4.69, 9.17) is 9.47 Å². The minimum atomic E-state index is -0.182. The number of amides is 1. The van der Waals surface area contributed by atoms with Gasteiger partial charge in [0, 0.05) is 48.4 Å². The molecule has 1 amide bonds. The van der Waals surface area contributed by atoms with Crippen molar-refractivity contribution in [1.29, 1.82) is 0 Å². The quantitative estimate of drug-likeness (QED) is 0.617. The third-order valence-electron chi connectivity index (χ3n) is 7.24. The van der Waals surface area contributed by atoms with Crippen LogP contribution in [0.3, 0.4) is 0 Å². The molecule has 4 heterocycles. The molecule has 1 aromatic carbocycles. The first kappa shape index (κ1) is 18.6. The monoisotopic (exact) mass is 396 g/mol. The first-order chi connectivity index (χ1) is 14.1. The van der Waals surface area contributed by atoms with Crippen molar-refractivity contribution in [3.63, 3.8) is 0 Å². The van der Waals surface area contributed by atoms with Gasteiger partial charge >= 0.3 is 0 Å². The first-order valence-electron chi connectivity index (χ1n) is 10.4. The molecule has 2 aromatic rings. The minimum absolute atomic E-state index is 0.0761. The fourth-order valence-corrected chi connectivity index (χ4v) is 5.75. The highest BCUT2D eigenvalue weighted by Gasteiger charge is 2.49. The van der Waals surface area contributed by atoms with E-state index in [0.717, 1.165) is 37.2 Å². The minimum Gasteiger partial charge on any atom is -0.497 e. The first-order valence-corrected chi connectivity index (χ1v) is 10.4. The maximum atomic E-state index is 12.6. The highest BCUT2D eigenvalue weighted by molar-refractivity contribution is 5.86. The van der Waals surface area contributed by atoms with Gasteiger partial charge in [0.05, 0.1) is 31.8 Å². The van der Waals surface area contributed by atoms with Gasteiger partial charge in [-0.3, -0.25) is 9.69 Å².